The third-order valence-corrected chi connectivity index (χ3v) is 4.85. The lowest BCUT2D eigenvalue weighted by molar-refractivity contribution is -0.159. The molecule has 29 heavy (non-hydrogen) atoms. The SMILES string of the molecule is O=C1CCC(c2ccc(Cl)cc2)N1c1ccc(-c2noc(C(F)(F)F)n2)cc1F. The van der Waals surface area contributed by atoms with Gasteiger partial charge in [0.15, 0.2) is 0 Å². The molecule has 0 aliphatic carbocycles. The number of halogens is 5. The average molecular weight is 426 g/mol. The molecular formula is C19H12ClF4N3O2. The van der Waals surface area contributed by atoms with Crippen molar-refractivity contribution in [1.82, 2.24) is 10.1 Å². The first-order chi connectivity index (χ1) is 13.7. The number of carbonyl (C=O) groups excluding carboxylic acids is 1. The molecule has 1 amide bonds. The average Bonchev–Trinajstić information content (AvgIpc) is 3.30. The molecule has 10 heteroatoms. The minimum Gasteiger partial charge on any atom is -0.329 e. The van der Waals surface area contributed by atoms with Crippen LogP contribution in [0.1, 0.15) is 30.3 Å². The number of alkyl halides is 3. The summed E-state index contributed by atoms with van der Waals surface area (Å²) in [4.78, 5) is 17.0. The topological polar surface area (TPSA) is 59.2 Å². The number of aromatic nitrogens is 2. The van der Waals surface area contributed by atoms with Crippen LogP contribution in [0.15, 0.2) is 47.0 Å². The van der Waals surface area contributed by atoms with Gasteiger partial charge < -0.3 is 9.42 Å². The molecular weight excluding hydrogens is 414 g/mol. The highest BCUT2D eigenvalue weighted by molar-refractivity contribution is 6.30. The highest BCUT2D eigenvalue weighted by Crippen LogP contribution is 2.39. The Bertz CT molecular complexity index is 1070. The molecule has 1 unspecified atom stereocenters. The zero-order valence-electron chi connectivity index (χ0n) is 14.6. The first kappa shape index (κ1) is 19.4. The number of benzene rings is 2. The van der Waals surface area contributed by atoms with E-state index in [0.29, 0.717) is 11.4 Å². The van der Waals surface area contributed by atoms with Gasteiger partial charge in [0, 0.05) is 17.0 Å². The van der Waals surface area contributed by atoms with Crippen LogP contribution in [0.25, 0.3) is 11.4 Å². The Kier molecular flexibility index (Phi) is 4.77. The van der Waals surface area contributed by atoms with Crippen LogP contribution in [0.4, 0.5) is 23.2 Å². The van der Waals surface area contributed by atoms with E-state index in [2.05, 4.69) is 14.7 Å². The third kappa shape index (κ3) is 3.69. The van der Waals surface area contributed by atoms with Gasteiger partial charge in [-0.2, -0.15) is 18.2 Å². The van der Waals surface area contributed by atoms with Crippen molar-refractivity contribution in [2.75, 3.05) is 4.90 Å². The van der Waals surface area contributed by atoms with Gasteiger partial charge in [-0.15, -0.1) is 0 Å². The van der Waals surface area contributed by atoms with Crippen molar-refractivity contribution in [2.24, 2.45) is 0 Å². The Morgan fingerprint density at radius 2 is 1.86 bits per heavy atom. The van der Waals surface area contributed by atoms with Crippen LogP contribution in [-0.2, 0) is 11.0 Å². The molecule has 0 spiro atoms. The largest absolute Gasteiger partial charge is 0.471 e. The molecule has 0 bridgehead atoms. The Hall–Kier alpha value is -2.94. The van der Waals surface area contributed by atoms with Crippen molar-refractivity contribution < 1.29 is 26.9 Å². The van der Waals surface area contributed by atoms with Gasteiger partial charge in [0.2, 0.25) is 11.7 Å². The number of rotatable bonds is 3. The quantitative estimate of drug-likeness (QED) is 0.526. The number of amides is 1. The third-order valence-electron chi connectivity index (χ3n) is 4.60. The predicted molar refractivity (Wildman–Crippen MR) is 95.6 cm³/mol. The van der Waals surface area contributed by atoms with Crippen LogP contribution in [0.3, 0.4) is 0 Å². The Morgan fingerprint density at radius 1 is 1.14 bits per heavy atom. The Balaban J connectivity index is 1.67. The summed E-state index contributed by atoms with van der Waals surface area (Å²) in [5, 5.41) is 3.78. The Labute approximate surface area is 166 Å². The van der Waals surface area contributed by atoms with E-state index in [1.807, 2.05) is 0 Å². The molecule has 4 rings (SSSR count). The molecule has 2 heterocycles. The van der Waals surface area contributed by atoms with Crippen molar-refractivity contribution >= 4 is 23.2 Å². The molecule has 1 atom stereocenters. The van der Waals surface area contributed by atoms with E-state index in [-0.39, 0.29) is 29.6 Å². The molecule has 1 fully saturated rings. The number of anilines is 1. The monoisotopic (exact) mass is 425 g/mol. The molecule has 1 saturated heterocycles. The second-order valence-electron chi connectivity index (χ2n) is 6.46. The molecule has 1 aliphatic rings. The summed E-state index contributed by atoms with van der Waals surface area (Å²) in [5.74, 6) is -2.95. The maximum Gasteiger partial charge on any atom is 0.471 e. The fourth-order valence-electron chi connectivity index (χ4n) is 3.28. The van der Waals surface area contributed by atoms with Gasteiger partial charge in [-0.05, 0) is 42.3 Å². The zero-order valence-corrected chi connectivity index (χ0v) is 15.3. The highest BCUT2D eigenvalue weighted by atomic mass is 35.5. The van der Waals surface area contributed by atoms with Crippen LogP contribution in [0.2, 0.25) is 5.02 Å². The maximum absolute atomic E-state index is 14.8. The van der Waals surface area contributed by atoms with Crippen molar-refractivity contribution in [2.45, 2.75) is 25.1 Å². The summed E-state index contributed by atoms with van der Waals surface area (Å²) < 4.78 is 56.8. The second-order valence-corrected chi connectivity index (χ2v) is 6.89. The summed E-state index contributed by atoms with van der Waals surface area (Å²) in [6, 6.07) is 10.2. The molecule has 1 aromatic heterocycles. The lowest BCUT2D eigenvalue weighted by atomic mass is 10.0. The lowest BCUT2D eigenvalue weighted by Gasteiger charge is -2.26. The lowest BCUT2D eigenvalue weighted by Crippen LogP contribution is -2.28. The number of hydrogen-bond acceptors (Lipinski definition) is 4. The first-order valence-electron chi connectivity index (χ1n) is 8.52. The van der Waals surface area contributed by atoms with Gasteiger partial charge in [-0.1, -0.05) is 28.9 Å². The van der Waals surface area contributed by atoms with Crippen molar-refractivity contribution in [3.8, 4) is 11.4 Å². The number of nitrogens with zero attached hydrogens (tertiary/aromatic N) is 3. The minimum atomic E-state index is -4.79. The van der Waals surface area contributed by atoms with E-state index in [1.54, 1.807) is 24.3 Å². The summed E-state index contributed by atoms with van der Waals surface area (Å²) in [6.45, 7) is 0. The van der Waals surface area contributed by atoms with Gasteiger partial charge >= 0.3 is 12.1 Å². The summed E-state index contributed by atoms with van der Waals surface area (Å²) in [5.41, 5.74) is 0.827. The van der Waals surface area contributed by atoms with Crippen LogP contribution < -0.4 is 4.90 Å². The molecule has 3 aromatic rings. The Morgan fingerprint density at radius 3 is 2.48 bits per heavy atom. The molecule has 0 radical (unpaired) electrons. The standard InChI is InChI=1S/C19H12ClF4N3O2/c20-12-4-1-10(2-5-12)14-7-8-16(28)27(14)15-6-3-11(9-13(15)21)17-25-18(29-26-17)19(22,23)24/h1-6,9,14H,7-8H2. The van der Waals surface area contributed by atoms with Gasteiger partial charge in [-0.25, -0.2) is 4.39 Å². The maximum atomic E-state index is 14.8. The van der Waals surface area contributed by atoms with E-state index >= 15 is 0 Å². The van der Waals surface area contributed by atoms with Crippen LogP contribution in [-0.4, -0.2) is 16.0 Å². The van der Waals surface area contributed by atoms with E-state index in [4.69, 9.17) is 11.6 Å². The molecule has 150 valence electrons. The zero-order chi connectivity index (χ0) is 20.8. The van der Waals surface area contributed by atoms with Crippen LogP contribution >= 0.6 is 11.6 Å². The highest BCUT2D eigenvalue weighted by Gasteiger charge is 2.39. The molecule has 2 aromatic carbocycles. The minimum absolute atomic E-state index is 0.000175. The molecule has 5 nitrogen and oxygen atoms in total. The summed E-state index contributed by atoms with van der Waals surface area (Å²) >= 11 is 5.90. The van der Waals surface area contributed by atoms with Crippen molar-refractivity contribution in [3.05, 3.63) is 64.8 Å². The fraction of sp³-hybridized carbons (Fsp3) is 0.211. The van der Waals surface area contributed by atoms with Crippen LogP contribution in [0, 0.1) is 5.82 Å². The summed E-state index contributed by atoms with van der Waals surface area (Å²) in [6.07, 6.45) is -4.05. The summed E-state index contributed by atoms with van der Waals surface area (Å²) in [7, 11) is 0. The van der Waals surface area contributed by atoms with Crippen molar-refractivity contribution in [1.29, 1.82) is 0 Å². The fourth-order valence-corrected chi connectivity index (χ4v) is 3.41. The first-order valence-corrected chi connectivity index (χ1v) is 8.90. The van der Waals surface area contributed by atoms with E-state index in [0.717, 1.165) is 11.6 Å². The number of carbonyl (C=O) groups is 1. The van der Waals surface area contributed by atoms with Crippen molar-refractivity contribution in [3.63, 3.8) is 0 Å². The number of hydrogen-bond donors (Lipinski definition) is 0. The molecule has 0 N–H and O–H groups in total. The second kappa shape index (κ2) is 7.14. The normalized spacial score (nSPS) is 17.2. The van der Waals surface area contributed by atoms with Crippen LogP contribution in [0.5, 0.6) is 0 Å². The molecule has 1 aliphatic heterocycles. The molecule has 0 saturated carbocycles. The smallest absolute Gasteiger partial charge is 0.329 e. The predicted octanol–water partition coefficient (Wildman–Crippen LogP) is 5.42. The van der Waals surface area contributed by atoms with Gasteiger partial charge in [-0.3, -0.25) is 4.79 Å². The van der Waals surface area contributed by atoms with Gasteiger partial charge in [0.25, 0.3) is 0 Å². The van der Waals surface area contributed by atoms with Gasteiger partial charge in [0.1, 0.15) is 5.82 Å². The van der Waals surface area contributed by atoms with E-state index < -0.39 is 23.7 Å². The van der Waals surface area contributed by atoms with E-state index in [1.165, 1.54) is 17.0 Å². The van der Waals surface area contributed by atoms with Gasteiger partial charge in [0.05, 0.1) is 11.7 Å². The van der Waals surface area contributed by atoms with E-state index in [9.17, 15) is 22.4 Å².